The van der Waals surface area contributed by atoms with Gasteiger partial charge in [0, 0.05) is 31.0 Å². The number of hydrogen-bond donors (Lipinski definition) is 2. The number of amides is 2. The summed E-state index contributed by atoms with van der Waals surface area (Å²) in [4.78, 5) is 38.0. The van der Waals surface area contributed by atoms with Crippen molar-refractivity contribution in [2.45, 2.75) is 24.8 Å². The molecule has 1 heterocycles. The third-order valence-electron chi connectivity index (χ3n) is 7.94. The number of carbonyl (C=O) groups is 3. The molecule has 0 aromatic heterocycles. The fourth-order valence-corrected chi connectivity index (χ4v) is 6.07. The Morgan fingerprint density at radius 2 is 1.52 bits per heavy atom. The first-order chi connectivity index (χ1) is 16.0. The third kappa shape index (κ3) is 3.37. The average Bonchev–Trinajstić information content (AvgIpc) is 3.14. The number of rotatable bonds is 5. The molecule has 2 aromatic carbocycles. The lowest BCUT2D eigenvalue weighted by Crippen LogP contribution is -2.50. The monoisotopic (exact) mass is 446 g/mol. The molecule has 6 rings (SSSR count). The summed E-state index contributed by atoms with van der Waals surface area (Å²) in [5, 5.41) is 12.0. The first kappa shape index (κ1) is 20.3. The van der Waals surface area contributed by atoms with Gasteiger partial charge in [0.05, 0.1) is 5.92 Å². The molecule has 7 heteroatoms. The van der Waals surface area contributed by atoms with Gasteiger partial charge in [-0.2, -0.15) is 0 Å². The summed E-state index contributed by atoms with van der Waals surface area (Å²) in [6.45, 7) is 1.39. The van der Waals surface area contributed by atoms with Crippen LogP contribution in [-0.4, -0.2) is 53.7 Å². The number of alkyl carbamates (subject to hydrolysis) is 1. The van der Waals surface area contributed by atoms with Gasteiger partial charge in [0.15, 0.2) is 0 Å². The smallest absolute Gasteiger partial charge is 0.407 e. The fraction of sp³-hybridized carbons (Fsp3) is 0.423. The Kier molecular flexibility index (Phi) is 4.67. The van der Waals surface area contributed by atoms with E-state index >= 15 is 0 Å². The van der Waals surface area contributed by atoms with Gasteiger partial charge in [-0.1, -0.05) is 48.5 Å². The van der Waals surface area contributed by atoms with E-state index in [0.29, 0.717) is 25.9 Å². The Morgan fingerprint density at radius 3 is 2.09 bits per heavy atom. The minimum atomic E-state index is -0.743. The number of nitrogens with one attached hydrogen (secondary N) is 1. The number of likely N-dealkylation sites (tertiary alicyclic amines) is 1. The molecule has 3 aliphatic carbocycles. The summed E-state index contributed by atoms with van der Waals surface area (Å²) in [5.41, 5.74) is 4.73. The molecule has 1 aliphatic heterocycles. The molecule has 0 spiro atoms. The van der Waals surface area contributed by atoms with Crippen molar-refractivity contribution in [2.75, 3.05) is 19.7 Å². The lowest BCUT2D eigenvalue weighted by Gasteiger charge is -2.37. The molecular weight excluding hydrogens is 420 g/mol. The first-order valence-corrected chi connectivity index (χ1v) is 11.6. The van der Waals surface area contributed by atoms with Crippen LogP contribution >= 0.6 is 0 Å². The number of ether oxygens (including phenoxy) is 1. The van der Waals surface area contributed by atoms with Crippen LogP contribution in [0.25, 0.3) is 11.1 Å². The molecule has 2 amide bonds. The number of carboxylic acid groups (broad SMARTS) is 1. The van der Waals surface area contributed by atoms with Crippen LogP contribution in [0.2, 0.25) is 0 Å². The second-order valence-corrected chi connectivity index (χ2v) is 9.77. The minimum absolute atomic E-state index is 0.0232. The van der Waals surface area contributed by atoms with Gasteiger partial charge in [-0.05, 0) is 46.9 Å². The third-order valence-corrected chi connectivity index (χ3v) is 7.94. The Morgan fingerprint density at radius 1 is 0.939 bits per heavy atom. The van der Waals surface area contributed by atoms with E-state index in [0.717, 1.165) is 0 Å². The summed E-state index contributed by atoms with van der Waals surface area (Å²) in [6.07, 6.45) is 0.772. The number of aliphatic carboxylic acids is 1. The van der Waals surface area contributed by atoms with Crippen molar-refractivity contribution < 1.29 is 24.2 Å². The van der Waals surface area contributed by atoms with E-state index in [-0.39, 0.29) is 48.1 Å². The van der Waals surface area contributed by atoms with Crippen molar-refractivity contribution in [3.8, 4) is 11.1 Å². The summed E-state index contributed by atoms with van der Waals surface area (Å²) in [5.74, 6) is -0.731. The number of carbonyl (C=O) groups excluding carboxylic acids is 2. The van der Waals surface area contributed by atoms with Crippen molar-refractivity contribution in [3.63, 3.8) is 0 Å². The van der Waals surface area contributed by atoms with Crippen molar-refractivity contribution in [3.05, 3.63) is 59.7 Å². The van der Waals surface area contributed by atoms with E-state index in [1.807, 2.05) is 29.2 Å². The quantitative estimate of drug-likeness (QED) is 0.736. The SMILES string of the molecule is O=C(NC1CC(C(=O)N2CC3C(C2)C3C(=O)O)C1)OCC1c2ccccc2-c2ccccc21. The second kappa shape index (κ2) is 7.61. The number of fused-ring (bicyclic) bond motifs is 4. The zero-order valence-electron chi connectivity index (χ0n) is 18.1. The summed E-state index contributed by atoms with van der Waals surface area (Å²) < 4.78 is 5.59. The predicted octanol–water partition coefficient (Wildman–Crippen LogP) is 3.09. The van der Waals surface area contributed by atoms with Crippen molar-refractivity contribution in [1.29, 1.82) is 0 Å². The van der Waals surface area contributed by atoms with E-state index in [2.05, 4.69) is 29.6 Å². The number of piperidine rings is 1. The van der Waals surface area contributed by atoms with Crippen LogP contribution in [-0.2, 0) is 14.3 Å². The Bertz CT molecular complexity index is 1080. The molecule has 7 nitrogen and oxygen atoms in total. The maximum atomic E-state index is 12.7. The van der Waals surface area contributed by atoms with Gasteiger partial charge in [-0.25, -0.2) is 4.79 Å². The Hall–Kier alpha value is -3.35. The highest BCUT2D eigenvalue weighted by molar-refractivity contribution is 5.82. The molecule has 2 atom stereocenters. The minimum Gasteiger partial charge on any atom is -0.481 e. The van der Waals surface area contributed by atoms with E-state index in [1.165, 1.54) is 22.3 Å². The number of benzene rings is 2. The highest BCUT2D eigenvalue weighted by Crippen LogP contribution is 2.52. The van der Waals surface area contributed by atoms with Gasteiger partial charge >= 0.3 is 12.1 Å². The van der Waals surface area contributed by atoms with Crippen LogP contribution in [0.4, 0.5) is 4.79 Å². The van der Waals surface area contributed by atoms with E-state index in [9.17, 15) is 14.4 Å². The molecule has 0 bridgehead atoms. The maximum absolute atomic E-state index is 12.7. The van der Waals surface area contributed by atoms with Crippen LogP contribution in [0, 0.1) is 23.7 Å². The van der Waals surface area contributed by atoms with Gasteiger partial charge < -0.3 is 20.1 Å². The maximum Gasteiger partial charge on any atom is 0.407 e. The molecule has 4 aliphatic rings. The molecule has 3 fully saturated rings. The topological polar surface area (TPSA) is 95.9 Å². The van der Waals surface area contributed by atoms with Crippen LogP contribution < -0.4 is 5.32 Å². The van der Waals surface area contributed by atoms with Crippen LogP contribution in [0.1, 0.15) is 29.9 Å². The largest absolute Gasteiger partial charge is 0.481 e. The molecule has 170 valence electrons. The van der Waals surface area contributed by atoms with Gasteiger partial charge in [-0.3, -0.25) is 9.59 Å². The standard InChI is InChI=1S/C26H26N2O5/c29-24(28-11-20-21(12-28)23(20)25(30)31)14-9-15(10-14)27-26(32)33-13-22-18-7-3-1-5-16(18)17-6-2-4-8-19(17)22/h1-8,14-15,20-23H,9-13H2,(H,27,32)(H,30,31). The zero-order chi connectivity index (χ0) is 22.7. The van der Waals surface area contributed by atoms with Gasteiger partial charge in [0.2, 0.25) is 5.91 Å². The van der Waals surface area contributed by atoms with Gasteiger partial charge in [-0.15, -0.1) is 0 Å². The predicted molar refractivity (Wildman–Crippen MR) is 119 cm³/mol. The molecule has 1 saturated heterocycles. The lowest BCUT2D eigenvalue weighted by molar-refractivity contribution is -0.143. The van der Waals surface area contributed by atoms with E-state index < -0.39 is 12.1 Å². The van der Waals surface area contributed by atoms with Crippen LogP contribution in [0.15, 0.2) is 48.5 Å². The molecule has 2 saturated carbocycles. The van der Waals surface area contributed by atoms with Gasteiger partial charge in [0.1, 0.15) is 6.61 Å². The first-order valence-electron chi connectivity index (χ1n) is 11.6. The molecule has 2 N–H and O–H groups in total. The number of hydrogen-bond acceptors (Lipinski definition) is 4. The van der Waals surface area contributed by atoms with Crippen molar-refractivity contribution in [2.24, 2.45) is 23.7 Å². The van der Waals surface area contributed by atoms with Crippen molar-refractivity contribution >= 4 is 18.0 Å². The van der Waals surface area contributed by atoms with Crippen molar-refractivity contribution in [1.82, 2.24) is 10.2 Å². The number of carboxylic acids is 1. The normalized spacial score (nSPS) is 28.8. The lowest BCUT2D eigenvalue weighted by atomic mass is 9.79. The molecule has 0 radical (unpaired) electrons. The summed E-state index contributed by atoms with van der Waals surface area (Å²) in [7, 11) is 0. The molecule has 33 heavy (non-hydrogen) atoms. The fourth-order valence-electron chi connectivity index (χ4n) is 6.07. The highest BCUT2D eigenvalue weighted by Gasteiger charge is 2.61. The molecule has 2 aromatic rings. The van der Waals surface area contributed by atoms with Crippen LogP contribution in [0.3, 0.4) is 0 Å². The molecule has 2 unspecified atom stereocenters. The number of nitrogens with zero attached hydrogens (tertiary/aromatic N) is 1. The Balaban J connectivity index is 0.982. The van der Waals surface area contributed by atoms with E-state index in [1.54, 1.807) is 0 Å². The summed E-state index contributed by atoms with van der Waals surface area (Å²) in [6, 6.07) is 16.4. The average molecular weight is 447 g/mol. The molecular formula is C26H26N2O5. The van der Waals surface area contributed by atoms with E-state index in [4.69, 9.17) is 9.84 Å². The zero-order valence-corrected chi connectivity index (χ0v) is 18.1. The Labute approximate surface area is 191 Å². The second-order valence-electron chi connectivity index (χ2n) is 9.77. The summed E-state index contributed by atoms with van der Waals surface area (Å²) >= 11 is 0. The highest BCUT2D eigenvalue weighted by atomic mass is 16.5. The van der Waals surface area contributed by atoms with Gasteiger partial charge in [0.25, 0.3) is 0 Å². The van der Waals surface area contributed by atoms with Crippen LogP contribution in [0.5, 0.6) is 0 Å².